The predicted octanol–water partition coefficient (Wildman–Crippen LogP) is 4.27. The van der Waals surface area contributed by atoms with Crippen LogP contribution in [0.25, 0.3) is 6.08 Å². The van der Waals surface area contributed by atoms with Crippen molar-refractivity contribution in [2.45, 2.75) is 33.6 Å². The number of unbranched alkanes of at least 4 members (excludes halogenated alkanes) is 1. The van der Waals surface area contributed by atoms with E-state index < -0.39 is 5.97 Å². The third-order valence-corrected chi connectivity index (χ3v) is 3.23. The Morgan fingerprint density at radius 1 is 1.07 bits per heavy atom. The van der Waals surface area contributed by atoms with E-state index in [0.29, 0.717) is 24.3 Å². The quantitative estimate of drug-likeness (QED) is 0.377. The third kappa shape index (κ3) is 13.1. The summed E-state index contributed by atoms with van der Waals surface area (Å²) in [4.78, 5) is 22.5. The molecule has 0 saturated heterocycles. The minimum atomic E-state index is -0.415. The average Bonchev–Trinajstić information content (AvgIpc) is 2.68. The normalized spacial score (nSPS) is 10.1. The van der Waals surface area contributed by atoms with Crippen LogP contribution in [0.2, 0.25) is 0 Å². The summed E-state index contributed by atoms with van der Waals surface area (Å²) in [6.07, 6.45) is 5.24. The Morgan fingerprint density at radius 2 is 1.70 bits per heavy atom. The topological polar surface area (TPSA) is 64.6 Å². The first-order chi connectivity index (χ1) is 12.9. The fourth-order valence-electron chi connectivity index (χ4n) is 1.62. The highest BCUT2D eigenvalue weighted by Gasteiger charge is 2.05. The monoisotopic (exact) mass is 373 g/mol. The van der Waals surface area contributed by atoms with E-state index in [0.717, 1.165) is 12.8 Å². The molecule has 5 nitrogen and oxygen atoms in total. The fourth-order valence-corrected chi connectivity index (χ4v) is 1.62. The van der Waals surface area contributed by atoms with Crippen LogP contribution >= 0.6 is 0 Å². The maximum Gasteiger partial charge on any atom is 0.335 e. The van der Waals surface area contributed by atoms with E-state index in [-0.39, 0.29) is 12.6 Å². The lowest BCUT2D eigenvalue weighted by Gasteiger charge is -2.06. The van der Waals surface area contributed by atoms with Crippen LogP contribution in [0.5, 0.6) is 0 Å². The van der Waals surface area contributed by atoms with Gasteiger partial charge in [0.2, 0.25) is 0 Å². The minimum Gasteiger partial charge on any atom is -0.462 e. The molecule has 1 aromatic carbocycles. The van der Waals surface area contributed by atoms with Gasteiger partial charge in [-0.2, -0.15) is 0 Å². The highest BCUT2D eigenvalue weighted by molar-refractivity contribution is 5.87. The third-order valence-electron chi connectivity index (χ3n) is 3.23. The lowest BCUT2D eigenvalue weighted by molar-refractivity contribution is -0.140. The Labute approximate surface area is 162 Å². The van der Waals surface area contributed by atoms with Gasteiger partial charge >= 0.3 is 11.9 Å². The van der Waals surface area contributed by atoms with Crippen LogP contribution in [0.1, 0.15) is 39.2 Å². The van der Waals surface area contributed by atoms with Gasteiger partial charge in [-0.1, -0.05) is 62.9 Å². The maximum atomic E-state index is 11.5. The molecular weight excluding hydrogens is 342 g/mol. The van der Waals surface area contributed by atoms with E-state index in [2.05, 4.69) is 18.5 Å². The lowest BCUT2D eigenvalue weighted by Crippen LogP contribution is -2.18. The van der Waals surface area contributed by atoms with Gasteiger partial charge in [-0.05, 0) is 25.8 Å². The van der Waals surface area contributed by atoms with Crippen LogP contribution in [0.3, 0.4) is 0 Å². The molecule has 0 aliphatic rings. The minimum absolute atomic E-state index is 0.223. The second-order valence-electron chi connectivity index (χ2n) is 5.80. The molecule has 1 rings (SSSR count). The summed E-state index contributed by atoms with van der Waals surface area (Å²) in [6, 6.07) is 10.0. The summed E-state index contributed by atoms with van der Waals surface area (Å²) in [7, 11) is 0. The van der Waals surface area contributed by atoms with Gasteiger partial charge in [0.15, 0.2) is 0 Å². The molecule has 0 amide bonds. The molecular formula is C22H31NO4. The Morgan fingerprint density at radius 3 is 2.22 bits per heavy atom. The molecule has 0 radical (unpaired) electrons. The summed E-state index contributed by atoms with van der Waals surface area (Å²) in [5.74, 6) is -0.749. The molecule has 0 atom stereocenters. The molecule has 0 aliphatic carbocycles. The van der Waals surface area contributed by atoms with Crippen molar-refractivity contribution in [3.63, 3.8) is 0 Å². The highest BCUT2D eigenvalue weighted by Crippen LogP contribution is 1.98. The van der Waals surface area contributed by atoms with E-state index in [4.69, 9.17) is 9.47 Å². The molecule has 0 heterocycles. The van der Waals surface area contributed by atoms with E-state index in [1.54, 1.807) is 20.0 Å². The summed E-state index contributed by atoms with van der Waals surface area (Å²) < 4.78 is 9.91. The SMILES string of the molecule is C=C(C)C(=O)OCCNC=C(C)C(=O)OCCCC.C=Cc1ccccc1. The number of rotatable bonds is 10. The first-order valence-corrected chi connectivity index (χ1v) is 8.99. The van der Waals surface area contributed by atoms with Crippen molar-refractivity contribution in [3.8, 4) is 0 Å². The molecule has 0 spiro atoms. The molecule has 0 fully saturated rings. The van der Waals surface area contributed by atoms with Crippen LogP contribution in [0, 0.1) is 0 Å². The van der Waals surface area contributed by atoms with Crippen LogP contribution in [0.15, 0.2) is 60.8 Å². The Kier molecular flexibility index (Phi) is 13.8. The zero-order valence-corrected chi connectivity index (χ0v) is 16.6. The molecule has 1 N–H and O–H groups in total. The number of hydrogen-bond acceptors (Lipinski definition) is 5. The Bertz CT molecular complexity index is 620. The number of nitrogens with one attached hydrogen (secondary N) is 1. The zero-order chi connectivity index (χ0) is 20.5. The number of carbonyl (C=O) groups excluding carboxylic acids is 2. The van der Waals surface area contributed by atoms with Crippen LogP contribution < -0.4 is 5.32 Å². The first-order valence-electron chi connectivity index (χ1n) is 8.99. The number of carbonyl (C=O) groups is 2. The van der Waals surface area contributed by atoms with Crippen molar-refractivity contribution in [1.82, 2.24) is 5.32 Å². The summed E-state index contributed by atoms with van der Waals surface area (Å²) in [5, 5.41) is 2.88. The summed E-state index contributed by atoms with van der Waals surface area (Å²) in [6.45, 7) is 13.5. The average molecular weight is 373 g/mol. The van der Waals surface area contributed by atoms with E-state index >= 15 is 0 Å². The molecule has 0 bridgehead atoms. The van der Waals surface area contributed by atoms with Gasteiger partial charge in [0, 0.05) is 23.9 Å². The molecule has 27 heavy (non-hydrogen) atoms. The van der Waals surface area contributed by atoms with Crippen molar-refractivity contribution >= 4 is 18.0 Å². The zero-order valence-electron chi connectivity index (χ0n) is 16.6. The van der Waals surface area contributed by atoms with E-state index in [1.807, 2.05) is 43.3 Å². The Hall–Kier alpha value is -2.82. The second-order valence-corrected chi connectivity index (χ2v) is 5.80. The largest absolute Gasteiger partial charge is 0.462 e. The number of benzene rings is 1. The number of ether oxygens (including phenoxy) is 2. The van der Waals surface area contributed by atoms with Gasteiger partial charge in [0.1, 0.15) is 6.61 Å². The van der Waals surface area contributed by atoms with E-state index in [1.165, 1.54) is 5.56 Å². The molecule has 5 heteroatoms. The van der Waals surface area contributed by atoms with Gasteiger partial charge < -0.3 is 14.8 Å². The smallest absolute Gasteiger partial charge is 0.335 e. The van der Waals surface area contributed by atoms with Crippen LogP contribution in [0.4, 0.5) is 0 Å². The summed E-state index contributed by atoms with van der Waals surface area (Å²) in [5.41, 5.74) is 2.03. The highest BCUT2D eigenvalue weighted by atomic mass is 16.5. The lowest BCUT2D eigenvalue weighted by atomic mass is 10.2. The molecule has 148 valence electrons. The first kappa shape index (κ1) is 24.2. The van der Waals surface area contributed by atoms with Gasteiger partial charge in [-0.15, -0.1) is 0 Å². The van der Waals surface area contributed by atoms with Crippen LogP contribution in [-0.2, 0) is 19.1 Å². The molecule has 0 aromatic heterocycles. The summed E-state index contributed by atoms with van der Waals surface area (Å²) >= 11 is 0. The van der Waals surface area contributed by atoms with Crippen molar-refractivity contribution in [1.29, 1.82) is 0 Å². The van der Waals surface area contributed by atoms with Gasteiger partial charge in [-0.25, -0.2) is 9.59 Å². The molecule has 0 aliphatic heterocycles. The predicted molar refractivity (Wildman–Crippen MR) is 110 cm³/mol. The van der Waals surface area contributed by atoms with E-state index in [9.17, 15) is 9.59 Å². The van der Waals surface area contributed by atoms with Crippen molar-refractivity contribution in [2.24, 2.45) is 0 Å². The number of esters is 2. The van der Waals surface area contributed by atoms with Crippen LogP contribution in [-0.4, -0.2) is 31.7 Å². The van der Waals surface area contributed by atoms with Crippen molar-refractivity contribution < 1.29 is 19.1 Å². The van der Waals surface area contributed by atoms with Gasteiger partial charge in [0.05, 0.1) is 6.61 Å². The van der Waals surface area contributed by atoms with Crippen molar-refractivity contribution in [3.05, 3.63) is 66.4 Å². The fraction of sp³-hybridized carbons (Fsp3) is 0.364. The molecule has 0 saturated carbocycles. The van der Waals surface area contributed by atoms with Gasteiger partial charge in [0.25, 0.3) is 0 Å². The van der Waals surface area contributed by atoms with Gasteiger partial charge in [-0.3, -0.25) is 0 Å². The Balaban J connectivity index is 0.000000694. The standard InChI is InChI=1S/C14H23NO4.C8H8/c1-5-6-8-18-14(17)12(4)10-15-7-9-19-13(16)11(2)3;1-2-8-6-4-3-5-7-8/h10,15H,2,5-9H2,1,3-4H3;2-7H,1H2. The maximum absolute atomic E-state index is 11.5. The second kappa shape index (κ2) is 15.4. The van der Waals surface area contributed by atoms with Crippen molar-refractivity contribution in [2.75, 3.05) is 19.8 Å². The number of hydrogen-bond donors (Lipinski definition) is 1. The molecule has 1 aromatic rings. The molecule has 0 unspecified atom stereocenters.